The van der Waals surface area contributed by atoms with Crippen LogP contribution >= 0.6 is 11.6 Å². The third kappa shape index (κ3) is 5.21. The number of nitrogens with one attached hydrogen (secondary N) is 2. The van der Waals surface area contributed by atoms with Crippen molar-refractivity contribution in [3.63, 3.8) is 0 Å². The number of rotatable bonds is 6. The summed E-state index contributed by atoms with van der Waals surface area (Å²) in [6, 6.07) is 4.56. The largest absolute Gasteiger partial charge is 0.349 e. The van der Waals surface area contributed by atoms with Crippen LogP contribution in [0.3, 0.4) is 0 Å². The molecule has 1 saturated carbocycles. The summed E-state index contributed by atoms with van der Waals surface area (Å²) in [6.07, 6.45) is 6.98. The van der Waals surface area contributed by atoms with Crippen molar-refractivity contribution in [3.05, 3.63) is 28.8 Å². The van der Waals surface area contributed by atoms with E-state index in [2.05, 4.69) is 10.6 Å². The molecule has 5 nitrogen and oxygen atoms in total. The fourth-order valence-electron chi connectivity index (χ4n) is 2.96. The summed E-state index contributed by atoms with van der Waals surface area (Å²) in [6.45, 7) is 1.98. The first-order valence-corrected chi connectivity index (χ1v) is 9.06. The molecule has 2 rings (SSSR count). The van der Waals surface area contributed by atoms with Crippen molar-refractivity contribution in [1.82, 2.24) is 5.32 Å². The Morgan fingerprint density at radius 3 is 2.67 bits per heavy atom. The fraction of sp³-hybridized carbons (Fsp3) is 0.556. The number of carbonyl (C=O) groups excluding carboxylic acids is 2. The minimum atomic E-state index is -0.551. The predicted molar refractivity (Wildman–Crippen MR) is 97.3 cm³/mol. The van der Waals surface area contributed by atoms with E-state index >= 15 is 0 Å². The molecule has 1 aromatic rings. The normalized spacial score (nSPS) is 16.5. The fourth-order valence-corrected chi connectivity index (χ4v) is 3.17. The smallest absolute Gasteiger partial charge is 0.253 e. The van der Waals surface area contributed by atoms with Gasteiger partial charge in [-0.1, -0.05) is 44.2 Å². The van der Waals surface area contributed by atoms with Crippen molar-refractivity contribution >= 4 is 29.1 Å². The van der Waals surface area contributed by atoms with Crippen molar-refractivity contribution in [1.29, 1.82) is 0 Å². The zero-order chi connectivity index (χ0) is 17.5. The van der Waals surface area contributed by atoms with Crippen LogP contribution in [0.2, 0.25) is 5.02 Å². The number of anilines is 1. The molecule has 2 amide bonds. The van der Waals surface area contributed by atoms with Gasteiger partial charge in [-0.05, 0) is 37.5 Å². The highest BCUT2D eigenvalue weighted by Crippen LogP contribution is 2.23. The monoisotopic (exact) mass is 351 g/mol. The van der Waals surface area contributed by atoms with Gasteiger partial charge in [0.2, 0.25) is 5.91 Å². The van der Waals surface area contributed by atoms with E-state index in [1.807, 2.05) is 6.92 Å². The lowest BCUT2D eigenvalue weighted by molar-refractivity contribution is -0.117. The molecule has 0 spiro atoms. The predicted octanol–water partition coefficient (Wildman–Crippen LogP) is 3.47. The third-order valence-corrected chi connectivity index (χ3v) is 4.68. The molecule has 0 saturated heterocycles. The molecular weight excluding hydrogens is 326 g/mol. The molecule has 1 aliphatic rings. The van der Waals surface area contributed by atoms with Crippen LogP contribution in [-0.2, 0) is 4.79 Å². The standard InChI is InChI=1S/C18H26ClN3O2/c1-2-6-16(20)18(24)22-13-9-10-15(19)14(11-13)17(23)21-12-7-4-3-5-8-12/h9-12,16H,2-8,20H2,1H3,(H,21,23)(H,22,24). The Bertz CT molecular complexity index is 586. The second kappa shape index (κ2) is 9.04. The highest BCUT2D eigenvalue weighted by Gasteiger charge is 2.19. The van der Waals surface area contributed by atoms with Crippen molar-refractivity contribution in [2.24, 2.45) is 5.73 Å². The molecule has 0 radical (unpaired) electrons. The summed E-state index contributed by atoms with van der Waals surface area (Å²) in [4.78, 5) is 24.5. The number of carbonyl (C=O) groups is 2. The van der Waals surface area contributed by atoms with Gasteiger partial charge in [-0.3, -0.25) is 9.59 Å². The lowest BCUT2D eigenvalue weighted by atomic mass is 9.95. The first-order valence-electron chi connectivity index (χ1n) is 8.68. The van der Waals surface area contributed by atoms with Gasteiger partial charge >= 0.3 is 0 Å². The number of nitrogens with two attached hydrogens (primary N) is 1. The molecule has 1 aromatic carbocycles. The summed E-state index contributed by atoms with van der Waals surface area (Å²) >= 11 is 6.16. The summed E-state index contributed by atoms with van der Waals surface area (Å²) in [5.74, 6) is -0.446. The van der Waals surface area contributed by atoms with E-state index in [9.17, 15) is 9.59 Å². The Labute approximate surface area is 148 Å². The van der Waals surface area contributed by atoms with Gasteiger partial charge in [-0.2, -0.15) is 0 Å². The zero-order valence-electron chi connectivity index (χ0n) is 14.1. The highest BCUT2D eigenvalue weighted by molar-refractivity contribution is 6.34. The van der Waals surface area contributed by atoms with E-state index in [1.54, 1.807) is 18.2 Å². The molecule has 1 fully saturated rings. The van der Waals surface area contributed by atoms with E-state index in [0.29, 0.717) is 22.7 Å². The summed E-state index contributed by atoms with van der Waals surface area (Å²) < 4.78 is 0. The lowest BCUT2D eigenvalue weighted by Gasteiger charge is -2.23. The Kier molecular flexibility index (Phi) is 7.06. The van der Waals surface area contributed by atoms with Gasteiger partial charge in [0.25, 0.3) is 5.91 Å². The van der Waals surface area contributed by atoms with Crippen LogP contribution in [0.15, 0.2) is 18.2 Å². The summed E-state index contributed by atoms with van der Waals surface area (Å²) in [5, 5.41) is 6.16. The average Bonchev–Trinajstić information content (AvgIpc) is 2.57. The van der Waals surface area contributed by atoms with Crippen LogP contribution in [0.1, 0.15) is 62.2 Å². The number of hydrogen-bond acceptors (Lipinski definition) is 3. The first-order chi connectivity index (χ1) is 11.5. The van der Waals surface area contributed by atoms with Gasteiger partial charge in [-0.15, -0.1) is 0 Å². The molecule has 132 valence electrons. The first kappa shape index (κ1) is 18.7. The van der Waals surface area contributed by atoms with Crippen molar-refractivity contribution in [3.8, 4) is 0 Å². The molecule has 6 heteroatoms. The van der Waals surface area contributed by atoms with Crippen molar-refractivity contribution < 1.29 is 9.59 Å². The van der Waals surface area contributed by atoms with Gasteiger partial charge in [0.05, 0.1) is 16.6 Å². The van der Waals surface area contributed by atoms with Crippen LogP contribution in [-0.4, -0.2) is 23.9 Å². The lowest BCUT2D eigenvalue weighted by Crippen LogP contribution is -2.36. The Morgan fingerprint density at radius 2 is 2.00 bits per heavy atom. The quantitative estimate of drug-likeness (QED) is 0.733. The minimum absolute atomic E-state index is 0.194. The van der Waals surface area contributed by atoms with Gasteiger partial charge < -0.3 is 16.4 Å². The number of amides is 2. The Hall–Kier alpha value is -1.59. The third-order valence-electron chi connectivity index (χ3n) is 4.36. The number of halogens is 1. The molecule has 0 aliphatic heterocycles. The molecule has 4 N–H and O–H groups in total. The van der Waals surface area contributed by atoms with Gasteiger partial charge in [0.15, 0.2) is 0 Å². The molecule has 1 aliphatic carbocycles. The van der Waals surface area contributed by atoms with Crippen molar-refractivity contribution in [2.45, 2.75) is 64.0 Å². The topological polar surface area (TPSA) is 84.2 Å². The SMILES string of the molecule is CCCC(N)C(=O)Nc1ccc(Cl)c(C(=O)NC2CCCCC2)c1. The van der Waals surface area contributed by atoms with Crippen LogP contribution in [0.4, 0.5) is 5.69 Å². The Morgan fingerprint density at radius 1 is 1.29 bits per heavy atom. The molecule has 1 unspecified atom stereocenters. The maximum absolute atomic E-state index is 12.5. The van der Waals surface area contributed by atoms with E-state index in [1.165, 1.54) is 6.42 Å². The molecule has 24 heavy (non-hydrogen) atoms. The van der Waals surface area contributed by atoms with Crippen LogP contribution in [0.5, 0.6) is 0 Å². The number of benzene rings is 1. The second-order valence-electron chi connectivity index (χ2n) is 6.39. The molecule has 0 aromatic heterocycles. The Balaban J connectivity index is 2.04. The van der Waals surface area contributed by atoms with E-state index in [-0.39, 0.29) is 17.9 Å². The highest BCUT2D eigenvalue weighted by atomic mass is 35.5. The molecule has 1 atom stereocenters. The molecule has 0 bridgehead atoms. The second-order valence-corrected chi connectivity index (χ2v) is 6.79. The van der Waals surface area contributed by atoms with Gasteiger partial charge in [0.1, 0.15) is 0 Å². The van der Waals surface area contributed by atoms with Crippen LogP contribution in [0.25, 0.3) is 0 Å². The summed E-state index contributed by atoms with van der Waals surface area (Å²) in [7, 11) is 0. The van der Waals surface area contributed by atoms with E-state index in [4.69, 9.17) is 17.3 Å². The number of hydrogen-bond donors (Lipinski definition) is 3. The zero-order valence-corrected chi connectivity index (χ0v) is 14.9. The van der Waals surface area contributed by atoms with Crippen molar-refractivity contribution in [2.75, 3.05) is 5.32 Å². The summed E-state index contributed by atoms with van der Waals surface area (Å²) in [5.41, 5.74) is 6.72. The van der Waals surface area contributed by atoms with Gasteiger partial charge in [-0.25, -0.2) is 0 Å². The maximum Gasteiger partial charge on any atom is 0.253 e. The van der Waals surface area contributed by atoms with Crippen LogP contribution in [0, 0.1) is 0 Å². The molecule has 0 heterocycles. The minimum Gasteiger partial charge on any atom is -0.349 e. The maximum atomic E-state index is 12.5. The molecular formula is C18H26ClN3O2. The van der Waals surface area contributed by atoms with Crippen LogP contribution < -0.4 is 16.4 Å². The van der Waals surface area contributed by atoms with E-state index in [0.717, 1.165) is 32.1 Å². The van der Waals surface area contributed by atoms with E-state index < -0.39 is 6.04 Å². The van der Waals surface area contributed by atoms with Gasteiger partial charge in [0, 0.05) is 11.7 Å². The average molecular weight is 352 g/mol.